The van der Waals surface area contributed by atoms with Gasteiger partial charge < -0.3 is 10.2 Å². The van der Waals surface area contributed by atoms with Crippen LogP contribution >= 0.6 is 12.2 Å². The van der Waals surface area contributed by atoms with Gasteiger partial charge in [0.2, 0.25) is 0 Å². The molecule has 0 unspecified atom stereocenters. The third kappa shape index (κ3) is 3.58. The topological polar surface area (TPSA) is 15.3 Å². The van der Waals surface area contributed by atoms with Gasteiger partial charge in [-0.1, -0.05) is 44.2 Å². The summed E-state index contributed by atoms with van der Waals surface area (Å²) in [6, 6.07) is 18.5. The Labute approximate surface area is 126 Å². The van der Waals surface area contributed by atoms with Crippen molar-refractivity contribution in [3.05, 3.63) is 60.2 Å². The average Bonchev–Trinajstić information content (AvgIpc) is 2.47. The maximum absolute atomic E-state index is 5.46. The van der Waals surface area contributed by atoms with Crippen LogP contribution in [0.1, 0.15) is 25.3 Å². The fraction of sp³-hybridized carbons (Fsp3) is 0.235. The Morgan fingerprint density at radius 1 is 1.05 bits per heavy atom. The van der Waals surface area contributed by atoms with Gasteiger partial charge in [-0.2, -0.15) is 0 Å². The fourth-order valence-electron chi connectivity index (χ4n) is 1.95. The zero-order chi connectivity index (χ0) is 14.5. The van der Waals surface area contributed by atoms with Crippen LogP contribution in [0.3, 0.4) is 0 Å². The second kappa shape index (κ2) is 6.53. The zero-order valence-corrected chi connectivity index (χ0v) is 12.9. The lowest BCUT2D eigenvalue weighted by Crippen LogP contribution is -2.30. The van der Waals surface area contributed by atoms with E-state index in [1.165, 1.54) is 5.56 Å². The molecule has 0 aliphatic heterocycles. The van der Waals surface area contributed by atoms with E-state index in [1.807, 2.05) is 48.3 Å². The average molecular weight is 284 g/mol. The van der Waals surface area contributed by atoms with Crippen molar-refractivity contribution in [3.8, 4) is 0 Å². The molecule has 0 saturated heterocycles. The Morgan fingerprint density at radius 2 is 1.75 bits per heavy atom. The molecule has 0 aliphatic carbocycles. The first-order valence-corrected chi connectivity index (χ1v) is 7.18. The first-order valence-electron chi connectivity index (χ1n) is 6.77. The summed E-state index contributed by atoms with van der Waals surface area (Å²) in [5.74, 6) is 0.511. The second-order valence-corrected chi connectivity index (χ2v) is 5.49. The van der Waals surface area contributed by atoms with Crippen molar-refractivity contribution in [1.82, 2.24) is 0 Å². The van der Waals surface area contributed by atoms with Gasteiger partial charge in [-0.05, 0) is 48.0 Å². The van der Waals surface area contributed by atoms with E-state index in [2.05, 4.69) is 37.4 Å². The molecule has 0 amide bonds. The van der Waals surface area contributed by atoms with Gasteiger partial charge in [0.1, 0.15) is 0 Å². The van der Waals surface area contributed by atoms with Gasteiger partial charge in [0, 0.05) is 18.4 Å². The number of benzene rings is 2. The Kier molecular flexibility index (Phi) is 4.74. The van der Waals surface area contributed by atoms with Crippen LogP contribution in [0.5, 0.6) is 0 Å². The first kappa shape index (κ1) is 14.5. The molecule has 104 valence electrons. The summed E-state index contributed by atoms with van der Waals surface area (Å²) in [5, 5.41) is 3.98. The number of nitrogens with one attached hydrogen (secondary N) is 1. The van der Waals surface area contributed by atoms with Crippen LogP contribution in [0.25, 0.3) is 0 Å². The van der Waals surface area contributed by atoms with E-state index in [-0.39, 0.29) is 0 Å². The summed E-state index contributed by atoms with van der Waals surface area (Å²) in [6.07, 6.45) is 0. The highest BCUT2D eigenvalue weighted by molar-refractivity contribution is 7.80. The van der Waals surface area contributed by atoms with Crippen molar-refractivity contribution >= 4 is 28.7 Å². The predicted molar refractivity (Wildman–Crippen MR) is 91.6 cm³/mol. The standard InChI is InChI=1S/C17H20N2S/c1-13(2)14-8-7-9-15(12-14)18-17(20)19(3)16-10-5-4-6-11-16/h4-13H,1-3H3,(H,18,20). The van der Waals surface area contributed by atoms with Gasteiger partial charge in [-0.3, -0.25) is 0 Å². The summed E-state index contributed by atoms with van der Waals surface area (Å²) < 4.78 is 0. The molecule has 0 spiro atoms. The van der Waals surface area contributed by atoms with Gasteiger partial charge in [-0.15, -0.1) is 0 Å². The van der Waals surface area contributed by atoms with E-state index in [9.17, 15) is 0 Å². The van der Waals surface area contributed by atoms with Gasteiger partial charge in [0.05, 0.1) is 0 Å². The number of nitrogens with zero attached hydrogens (tertiary/aromatic N) is 1. The predicted octanol–water partition coefficient (Wildman–Crippen LogP) is 4.64. The van der Waals surface area contributed by atoms with Crippen LogP contribution in [0, 0.1) is 0 Å². The highest BCUT2D eigenvalue weighted by atomic mass is 32.1. The van der Waals surface area contributed by atoms with E-state index >= 15 is 0 Å². The number of anilines is 2. The molecule has 2 aromatic carbocycles. The van der Waals surface area contributed by atoms with Crippen molar-refractivity contribution in [3.63, 3.8) is 0 Å². The van der Waals surface area contributed by atoms with E-state index < -0.39 is 0 Å². The Hall–Kier alpha value is -1.87. The van der Waals surface area contributed by atoms with Crippen molar-refractivity contribution < 1.29 is 0 Å². The third-order valence-electron chi connectivity index (χ3n) is 3.25. The third-order valence-corrected chi connectivity index (χ3v) is 3.63. The summed E-state index contributed by atoms with van der Waals surface area (Å²) >= 11 is 5.46. The monoisotopic (exact) mass is 284 g/mol. The molecule has 0 aromatic heterocycles. The first-order chi connectivity index (χ1) is 9.58. The highest BCUT2D eigenvalue weighted by Crippen LogP contribution is 2.19. The molecule has 0 bridgehead atoms. The SMILES string of the molecule is CC(C)c1cccc(NC(=S)N(C)c2ccccc2)c1. The lowest BCUT2D eigenvalue weighted by Gasteiger charge is -2.21. The number of hydrogen-bond acceptors (Lipinski definition) is 1. The van der Waals surface area contributed by atoms with Crippen LogP contribution < -0.4 is 10.2 Å². The molecule has 0 fully saturated rings. The molecule has 0 radical (unpaired) electrons. The highest BCUT2D eigenvalue weighted by Gasteiger charge is 2.07. The molecule has 0 atom stereocenters. The molecule has 0 aliphatic rings. The normalized spacial score (nSPS) is 10.4. The van der Waals surface area contributed by atoms with Crippen molar-refractivity contribution in [2.24, 2.45) is 0 Å². The number of rotatable bonds is 3. The summed E-state index contributed by atoms with van der Waals surface area (Å²) in [6.45, 7) is 4.38. The van der Waals surface area contributed by atoms with Crippen LogP contribution in [-0.2, 0) is 0 Å². The van der Waals surface area contributed by atoms with Crippen LogP contribution in [0.2, 0.25) is 0 Å². The molecule has 0 saturated carbocycles. The minimum Gasteiger partial charge on any atom is -0.332 e. The van der Waals surface area contributed by atoms with Gasteiger partial charge in [0.15, 0.2) is 5.11 Å². The Morgan fingerprint density at radius 3 is 2.40 bits per heavy atom. The number of hydrogen-bond donors (Lipinski definition) is 1. The minimum absolute atomic E-state index is 0.511. The maximum Gasteiger partial charge on any atom is 0.177 e. The van der Waals surface area contributed by atoms with E-state index in [4.69, 9.17) is 12.2 Å². The van der Waals surface area contributed by atoms with Gasteiger partial charge >= 0.3 is 0 Å². The Bertz CT molecular complexity index is 579. The molecule has 2 nitrogen and oxygen atoms in total. The van der Waals surface area contributed by atoms with Crippen molar-refractivity contribution in [1.29, 1.82) is 0 Å². The van der Waals surface area contributed by atoms with E-state index in [1.54, 1.807) is 0 Å². The van der Waals surface area contributed by atoms with Crippen LogP contribution in [0.15, 0.2) is 54.6 Å². The van der Waals surface area contributed by atoms with E-state index in [0.717, 1.165) is 11.4 Å². The number of thiocarbonyl (C=S) groups is 1. The molecule has 2 aromatic rings. The summed E-state index contributed by atoms with van der Waals surface area (Å²) in [4.78, 5) is 1.97. The Balaban J connectivity index is 2.10. The van der Waals surface area contributed by atoms with E-state index in [0.29, 0.717) is 11.0 Å². The molecule has 20 heavy (non-hydrogen) atoms. The molecule has 2 rings (SSSR count). The lowest BCUT2D eigenvalue weighted by molar-refractivity contribution is 0.867. The summed E-state index contributed by atoms with van der Waals surface area (Å²) in [7, 11) is 1.97. The molecule has 1 N–H and O–H groups in total. The summed E-state index contributed by atoms with van der Waals surface area (Å²) in [5.41, 5.74) is 3.41. The van der Waals surface area contributed by atoms with Crippen LogP contribution in [-0.4, -0.2) is 12.2 Å². The molecular weight excluding hydrogens is 264 g/mol. The molecule has 3 heteroatoms. The molecular formula is C17H20N2S. The van der Waals surface area contributed by atoms with Gasteiger partial charge in [-0.25, -0.2) is 0 Å². The minimum atomic E-state index is 0.511. The number of para-hydroxylation sites is 1. The smallest absolute Gasteiger partial charge is 0.177 e. The van der Waals surface area contributed by atoms with Crippen molar-refractivity contribution in [2.75, 3.05) is 17.3 Å². The largest absolute Gasteiger partial charge is 0.332 e. The van der Waals surface area contributed by atoms with Gasteiger partial charge in [0.25, 0.3) is 0 Å². The lowest BCUT2D eigenvalue weighted by atomic mass is 10.0. The molecule has 0 heterocycles. The zero-order valence-electron chi connectivity index (χ0n) is 12.1. The maximum atomic E-state index is 5.46. The second-order valence-electron chi connectivity index (χ2n) is 5.10. The fourth-order valence-corrected chi connectivity index (χ4v) is 2.17. The van der Waals surface area contributed by atoms with Crippen LogP contribution in [0.4, 0.5) is 11.4 Å². The quantitative estimate of drug-likeness (QED) is 0.826. The van der Waals surface area contributed by atoms with Crippen molar-refractivity contribution in [2.45, 2.75) is 19.8 Å².